The second-order valence-corrected chi connectivity index (χ2v) is 3.76. The van der Waals surface area contributed by atoms with Crippen molar-refractivity contribution in [1.29, 1.82) is 0 Å². The molecule has 1 N–H and O–H groups in total. The lowest BCUT2D eigenvalue weighted by atomic mass is 10.0. The second-order valence-electron chi connectivity index (χ2n) is 3.76. The van der Waals surface area contributed by atoms with Crippen molar-refractivity contribution in [3.8, 4) is 11.5 Å². The molecule has 82 valence electrons. The van der Waals surface area contributed by atoms with Gasteiger partial charge in [0.2, 0.25) is 5.76 Å². The van der Waals surface area contributed by atoms with Gasteiger partial charge < -0.3 is 9.84 Å². The van der Waals surface area contributed by atoms with E-state index in [1.54, 1.807) is 24.2 Å². The molecule has 0 fully saturated rings. The fourth-order valence-electron chi connectivity index (χ4n) is 1.95. The summed E-state index contributed by atoms with van der Waals surface area (Å²) in [7, 11) is 0. The Morgan fingerprint density at radius 2 is 1.88 bits per heavy atom. The van der Waals surface area contributed by atoms with E-state index in [-0.39, 0.29) is 11.5 Å². The Labute approximate surface area is 97.3 Å². The van der Waals surface area contributed by atoms with Crippen LogP contribution in [0, 0.1) is 0 Å². The van der Waals surface area contributed by atoms with Gasteiger partial charge in [-0.05, 0) is 18.2 Å². The van der Waals surface area contributed by atoms with Gasteiger partial charge in [0.15, 0.2) is 5.94 Å². The third kappa shape index (κ3) is 1.41. The zero-order valence-corrected chi connectivity index (χ0v) is 8.81. The normalized spacial score (nSPS) is 13.1. The molecule has 0 saturated carbocycles. The number of hydrogen-bond donors (Lipinski definition) is 1. The zero-order chi connectivity index (χ0) is 11.8. The molecule has 0 bridgehead atoms. The Balaban J connectivity index is 2.40. The molecule has 1 heterocycles. The van der Waals surface area contributed by atoms with E-state index in [0.29, 0.717) is 11.1 Å². The molecule has 17 heavy (non-hydrogen) atoms. The second kappa shape index (κ2) is 3.51. The Kier molecular flexibility index (Phi) is 2.00. The van der Waals surface area contributed by atoms with Crippen molar-refractivity contribution < 1.29 is 14.6 Å². The van der Waals surface area contributed by atoms with Gasteiger partial charge in [-0.15, -0.1) is 0 Å². The molecule has 0 aliphatic carbocycles. The summed E-state index contributed by atoms with van der Waals surface area (Å²) in [4.78, 5) is 10.6. The first kappa shape index (κ1) is 9.70. The first-order valence-electron chi connectivity index (χ1n) is 5.15. The molecule has 0 atom stereocenters. The van der Waals surface area contributed by atoms with E-state index in [9.17, 15) is 9.90 Å². The van der Waals surface area contributed by atoms with Crippen molar-refractivity contribution >= 4 is 22.8 Å². The summed E-state index contributed by atoms with van der Waals surface area (Å²) in [6, 6.07) is 8.96. The lowest BCUT2D eigenvalue weighted by Gasteiger charge is -2.15. The number of hydrogen-bond acceptors (Lipinski definition) is 3. The van der Waals surface area contributed by atoms with Crippen LogP contribution >= 0.6 is 0 Å². The van der Waals surface area contributed by atoms with Gasteiger partial charge in [0.25, 0.3) is 0 Å². The highest BCUT2D eigenvalue weighted by molar-refractivity contribution is 5.97. The van der Waals surface area contributed by atoms with Crippen LogP contribution in [0.5, 0.6) is 11.5 Å². The van der Waals surface area contributed by atoms with Gasteiger partial charge in [0, 0.05) is 16.3 Å². The smallest absolute Gasteiger partial charge is 0.210 e. The molecule has 0 radical (unpaired) electrons. The molecule has 2 aromatic rings. The summed E-state index contributed by atoms with van der Waals surface area (Å²) in [6.07, 6.45) is 3.26. The van der Waals surface area contributed by atoms with Gasteiger partial charge in [-0.1, -0.05) is 24.3 Å². The van der Waals surface area contributed by atoms with Crippen molar-refractivity contribution in [3.63, 3.8) is 0 Å². The first-order chi connectivity index (χ1) is 8.29. The Morgan fingerprint density at radius 1 is 1.12 bits per heavy atom. The van der Waals surface area contributed by atoms with Crippen molar-refractivity contribution in [2.24, 2.45) is 0 Å². The average Bonchev–Trinajstić information content (AvgIpc) is 2.39. The highest BCUT2D eigenvalue weighted by Crippen LogP contribution is 2.39. The van der Waals surface area contributed by atoms with Crippen LogP contribution < -0.4 is 4.74 Å². The maximum absolute atomic E-state index is 10.6. The van der Waals surface area contributed by atoms with Crippen LogP contribution in [-0.2, 0) is 4.79 Å². The quantitative estimate of drug-likeness (QED) is 0.700. The van der Waals surface area contributed by atoms with Crippen LogP contribution in [0.25, 0.3) is 16.8 Å². The van der Waals surface area contributed by atoms with Gasteiger partial charge in [-0.3, -0.25) is 0 Å². The molecule has 2 aromatic carbocycles. The number of allylic oxidation sites excluding steroid dienone is 1. The van der Waals surface area contributed by atoms with Crippen molar-refractivity contribution in [3.05, 3.63) is 47.7 Å². The van der Waals surface area contributed by atoms with Crippen molar-refractivity contribution in [1.82, 2.24) is 0 Å². The molecule has 3 heteroatoms. The third-order valence-electron chi connectivity index (χ3n) is 2.73. The zero-order valence-electron chi connectivity index (χ0n) is 8.81. The molecule has 3 rings (SSSR count). The molecule has 0 amide bonds. The molecule has 0 spiro atoms. The van der Waals surface area contributed by atoms with Crippen molar-refractivity contribution in [2.75, 3.05) is 0 Å². The molecular weight excluding hydrogens is 216 g/mol. The van der Waals surface area contributed by atoms with E-state index in [1.165, 1.54) is 6.08 Å². The van der Waals surface area contributed by atoms with Crippen LogP contribution in [0.3, 0.4) is 0 Å². The van der Waals surface area contributed by atoms with Gasteiger partial charge in [0.1, 0.15) is 11.5 Å². The van der Waals surface area contributed by atoms with E-state index >= 15 is 0 Å². The SMILES string of the molecule is O=C=C1C=Cc2cc(O)c3ccccc3c2O1. The number of ether oxygens (including phenoxy) is 1. The fraction of sp³-hybridized carbons (Fsp3) is 0. The van der Waals surface area contributed by atoms with Gasteiger partial charge >= 0.3 is 0 Å². The van der Waals surface area contributed by atoms with Crippen molar-refractivity contribution in [2.45, 2.75) is 0 Å². The Morgan fingerprint density at radius 3 is 2.65 bits per heavy atom. The van der Waals surface area contributed by atoms with Crippen LogP contribution in [0.2, 0.25) is 0 Å². The summed E-state index contributed by atoms with van der Waals surface area (Å²) >= 11 is 0. The third-order valence-corrected chi connectivity index (χ3v) is 2.73. The number of aromatic hydroxyl groups is 1. The Hall–Kier alpha value is -2.51. The summed E-state index contributed by atoms with van der Waals surface area (Å²) in [5.74, 6) is 2.65. The summed E-state index contributed by atoms with van der Waals surface area (Å²) < 4.78 is 5.44. The van der Waals surface area contributed by atoms with E-state index in [0.717, 1.165) is 10.9 Å². The van der Waals surface area contributed by atoms with E-state index in [4.69, 9.17) is 4.74 Å². The number of fused-ring (bicyclic) bond motifs is 3. The topological polar surface area (TPSA) is 46.5 Å². The van der Waals surface area contributed by atoms with Gasteiger partial charge in [0.05, 0.1) is 0 Å². The fourth-order valence-corrected chi connectivity index (χ4v) is 1.95. The number of benzene rings is 2. The maximum Gasteiger partial charge on any atom is 0.210 e. The average molecular weight is 224 g/mol. The minimum atomic E-state index is 0.147. The number of phenols is 1. The lowest BCUT2D eigenvalue weighted by molar-refractivity contribution is 0.440. The molecule has 1 aliphatic rings. The molecule has 3 nitrogen and oxygen atoms in total. The Bertz CT molecular complexity index is 692. The number of phenolic OH excluding ortho intramolecular Hbond substituents is 1. The summed E-state index contributed by atoms with van der Waals surface area (Å²) in [5, 5.41) is 11.4. The van der Waals surface area contributed by atoms with Gasteiger partial charge in [-0.25, -0.2) is 4.79 Å². The highest BCUT2D eigenvalue weighted by Gasteiger charge is 2.15. The first-order valence-corrected chi connectivity index (χ1v) is 5.15. The largest absolute Gasteiger partial charge is 0.507 e. The van der Waals surface area contributed by atoms with E-state index < -0.39 is 0 Å². The minimum absolute atomic E-state index is 0.147. The van der Waals surface area contributed by atoms with Crippen LogP contribution in [0.1, 0.15) is 5.56 Å². The molecule has 0 unspecified atom stereocenters. The lowest BCUT2D eigenvalue weighted by Crippen LogP contribution is -2.00. The van der Waals surface area contributed by atoms with E-state index in [2.05, 4.69) is 0 Å². The molecule has 0 saturated heterocycles. The van der Waals surface area contributed by atoms with Crippen LogP contribution in [0.4, 0.5) is 0 Å². The highest BCUT2D eigenvalue weighted by atomic mass is 16.5. The summed E-state index contributed by atoms with van der Waals surface area (Å²) in [5.41, 5.74) is 0.750. The maximum atomic E-state index is 10.6. The standard InChI is InChI=1S/C14H8O3/c15-8-10-6-5-9-7-13(16)11-3-1-2-4-12(11)14(9)17-10/h1-7,16H. The van der Waals surface area contributed by atoms with Gasteiger partial charge in [-0.2, -0.15) is 0 Å². The van der Waals surface area contributed by atoms with Crippen LogP contribution in [0.15, 0.2) is 42.2 Å². The predicted molar refractivity (Wildman–Crippen MR) is 64.5 cm³/mol. The number of carbonyl (C=O) groups excluding carboxylic acids is 1. The molecule has 0 aromatic heterocycles. The van der Waals surface area contributed by atoms with E-state index in [1.807, 2.05) is 18.2 Å². The summed E-state index contributed by atoms with van der Waals surface area (Å²) in [6.45, 7) is 0. The van der Waals surface area contributed by atoms with Crippen LogP contribution in [-0.4, -0.2) is 11.0 Å². The predicted octanol–water partition coefficient (Wildman–Crippen LogP) is 2.67. The molecular formula is C14H8O3. The monoisotopic (exact) mass is 224 g/mol. The minimum Gasteiger partial charge on any atom is -0.507 e. The molecule has 1 aliphatic heterocycles. The number of rotatable bonds is 0.